The van der Waals surface area contributed by atoms with E-state index in [0.717, 1.165) is 4.90 Å². The topological polar surface area (TPSA) is 105 Å². The van der Waals surface area contributed by atoms with Crippen LogP contribution in [0.5, 0.6) is 0 Å². The molecule has 0 bridgehead atoms. The molecule has 2 rings (SSSR count). The number of imide groups is 2. The number of aromatic nitrogens is 1. The fourth-order valence-corrected chi connectivity index (χ4v) is 1.91. The minimum Gasteiger partial charge on any atom is -0.330 e. The number of carbonyl (C=O) groups is 3. The molecule has 1 fully saturated rings. The predicted molar refractivity (Wildman–Crippen MR) is 65.5 cm³/mol. The summed E-state index contributed by atoms with van der Waals surface area (Å²) in [6.45, 7) is 0.297. The Morgan fingerprint density at radius 3 is 2.79 bits per heavy atom. The number of barbiturate groups is 1. The van der Waals surface area contributed by atoms with Crippen LogP contribution in [-0.4, -0.2) is 34.3 Å². The molecule has 4 amide bonds. The number of amides is 4. The van der Waals surface area contributed by atoms with Gasteiger partial charge >= 0.3 is 6.03 Å². The fraction of sp³-hybridized carbons (Fsp3) is 0.333. The van der Waals surface area contributed by atoms with Crippen LogP contribution in [0.1, 0.15) is 12.0 Å². The van der Waals surface area contributed by atoms with Gasteiger partial charge in [0.05, 0.1) is 6.54 Å². The molecular formula is C12H14N4O3. The summed E-state index contributed by atoms with van der Waals surface area (Å²) in [6, 6.07) is 2.76. The van der Waals surface area contributed by atoms with Crippen LogP contribution in [0.4, 0.5) is 4.79 Å². The van der Waals surface area contributed by atoms with Crippen LogP contribution in [-0.2, 0) is 16.1 Å². The van der Waals surface area contributed by atoms with Gasteiger partial charge in [-0.25, -0.2) is 4.79 Å². The molecule has 7 heteroatoms. The molecule has 1 saturated heterocycles. The first-order chi connectivity index (χ1) is 9.13. The average molecular weight is 262 g/mol. The van der Waals surface area contributed by atoms with Crippen molar-refractivity contribution >= 4 is 17.8 Å². The zero-order valence-corrected chi connectivity index (χ0v) is 10.2. The minimum absolute atomic E-state index is 0.0901. The molecule has 0 spiro atoms. The Morgan fingerprint density at radius 1 is 1.37 bits per heavy atom. The number of hydrogen-bond donors (Lipinski definition) is 2. The van der Waals surface area contributed by atoms with Crippen LogP contribution >= 0.6 is 0 Å². The lowest BCUT2D eigenvalue weighted by atomic mass is 10.0. The van der Waals surface area contributed by atoms with Crippen molar-refractivity contribution in [3.05, 3.63) is 30.1 Å². The molecule has 100 valence electrons. The first kappa shape index (κ1) is 13.2. The molecular weight excluding hydrogens is 248 g/mol. The first-order valence-corrected chi connectivity index (χ1v) is 5.88. The minimum atomic E-state index is -0.889. The standard InChI is InChI=1S/C12H14N4O3/c13-4-3-9-10(17)15-12(19)16(11(9)18)7-8-2-1-5-14-6-8/h1-2,5-6,9H,3-4,7,13H2,(H,15,17,19). The van der Waals surface area contributed by atoms with E-state index in [4.69, 9.17) is 5.73 Å². The maximum Gasteiger partial charge on any atom is 0.331 e. The van der Waals surface area contributed by atoms with Crippen LogP contribution in [0.2, 0.25) is 0 Å². The summed E-state index contributed by atoms with van der Waals surface area (Å²) in [6.07, 6.45) is 3.39. The van der Waals surface area contributed by atoms with Crippen LogP contribution < -0.4 is 11.1 Å². The zero-order valence-electron chi connectivity index (χ0n) is 10.2. The maximum absolute atomic E-state index is 12.1. The Morgan fingerprint density at radius 2 is 2.16 bits per heavy atom. The zero-order chi connectivity index (χ0) is 13.8. The third-order valence-corrected chi connectivity index (χ3v) is 2.87. The van der Waals surface area contributed by atoms with Crippen molar-refractivity contribution < 1.29 is 14.4 Å². The highest BCUT2D eigenvalue weighted by molar-refractivity contribution is 6.16. The molecule has 1 aromatic rings. The monoisotopic (exact) mass is 262 g/mol. The van der Waals surface area contributed by atoms with Crippen molar-refractivity contribution in [3.63, 3.8) is 0 Å². The Labute approximate surface area is 109 Å². The molecule has 2 heterocycles. The van der Waals surface area contributed by atoms with Gasteiger partial charge in [0.1, 0.15) is 5.92 Å². The van der Waals surface area contributed by atoms with Gasteiger partial charge in [-0.15, -0.1) is 0 Å². The Kier molecular flexibility index (Phi) is 3.86. The van der Waals surface area contributed by atoms with Crippen molar-refractivity contribution in [2.45, 2.75) is 13.0 Å². The number of rotatable bonds is 4. The molecule has 1 aromatic heterocycles. The lowest BCUT2D eigenvalue weighted by Gasteiger charge is -2.29. The smallest absolute Gasteiger partial charge is 0.330 e. The summed E-state index contributed by atoms with van der Waals surface area (Å²) in [7, 11) is 0. The molecule has 1 atom stereocenters. The molecule has 3 N–H and O–H groups in total. The van der Waals surface area contributed by atoms with Gasteiger partial charge in [0.2, 0.25) is 11.8 Å². The first-order valence-electron chi connectivity index (χ1n) is 5.88. The Balaban J connectivity index is 2.17. The van der Waals surface area contributed by atoms with E-state index in [9.17, 15) is 14.4 Å². The van der Waals surface area contributed by atoms with E-state index in [2.05, 4.69) is 10.3 Å². The molecule has 0 radical (unpaired) electrons. The molecule has 0 aromatic carbocycles. The molecule has 0 aliphatic carbocycles. The van der Waals surface area contributed by atoms with E-state index in [-0.39, 0.29) is 19.5 Å². The van der Waals surface area contributed by atoms with Crippen LogP contribution in [0.3, 0.4) is 0 Å². The lowest BCUT2D eigenvalue weighted by Crippen LogP contribution is -2.57. The Hall–Kier alpha value is -2.28. The van der Waals surface area contributed by atoms with Gasteiger partial charge in [-0.3, -0.25) is 24.8 Å². The summed E-state index contributed by atoms with van der Waals surface area (Å²) in [5.74, 6) is -1.98. The van der Waals surface area contributed by atoms with Gasteiger partial charge in [0.25, 0.3) is 0 Å². The molecule has 0 saturated carbocycles. The third kappa shape index (κ3) is 2.76. The summed E-state index contributed by atoms with van der Waals surface area (Å²) >= 11 is 0. The van der Waals surface area contributed by atoms with Gasteiger partial charge in [0, 0.05) is 12.4 Å². The van der Waals surface area contributed by atoms with E-state index in [1.807, 2.05) is 0 Å². The highest BCUT2D eigenvalue weighted by Crippen LogP contribution is 2.16. The van der Waals surface area contributed by atoms with Gasteiger partial charge in [0.15, 0.2) is 0 Å². The number of nitrogens with zero attached hydrogens (tertiary/aromatic N) is 2. The number of nitrogens with one attached hydrogen (secondary N) is 1. The lowest BCUT2D eigenvalue weighted by molar-refractivity contribution is -0.143. The molecule has 1 aliphatic rings. The predicted octanol–water partition coefficient (Wildman–Crippen LogP) is -0.375. The second-order valence-corrected chi connectivity index (χ2v) is 4.21. The summed E-state index contributed by atoms with van der Waals surface area (Å²) in [5, 5.41) is 2.17. The maximum atomic E-state index is 12.1. The highest BCUT2D eigenvalue weighted by atomic mass is 16.2. The SMILES string of the molecule is NCCC1C(=O)NC(=O)N(Cc2cccnc2)C1=O. The van der Waals surface area contributed by atoms with Crippen LogP contribution in [0.25, 0.3) is 0 Å². The molecule has 1 aliphatic heterocycles. The second kappa shape index (κ2) is 5.57. The number of pyridine rings is 1. The van der Waals surface area contributed by atoms with E-state index in [1.54, 1.807) is 24.5 Å². The van der Waals surface area contributed by atoms with E-state index >= 15 is 0 Å². The molecule has 19 heavy (non-hydrogen) atoms. The summed E-state index contributed by atoms with van der Waals surface area (Å²) < 4.78 is 0. The number of carbonyl (C=O) groups excluding carboxylic acids is 3. The van der Waals surface area contributed by atoms with Gasteiger partial charge < -0.3 is 5.73 Å². The largest absolute Gasteiger partial charge is 0.331 e. The number of nitrogens with two attached hydrogens (primary N) is 1. The van der Waals surface area contributed by atoms with Crippen molar-refractivity contribution in [2.75, 3.05) is 6.54 Å². The van der Waals surface area contributed by atoms with Crippen molar-refractivity contribution in [2.24, 2.45) is 11.7 Å². The average Bonchev–Trinajstić information content (AvgIpc) is 2.41. The highest BCUT2D eigenvalue weighted by Gasteiger charge is 2.39. The quantitative estimate of drug-likeness (QED) is 0.720. The number of urea groups is 1. The van der Waals surface area contributed by atoms with Crippen molar-refractivity contribution in [1.29, 1.82) is 0 Å². The number of hydrogen-bond acceptors (Lipinski definition) is 5. The second-order valence-electron chi connectivity index (χ2n) is 4.21. The van der Waals surface area contributed by atoms with Crippen LogP contribution in [0.15, 0.2) is 24.5 Å². The van der Waals surface area contributed by atoms with Crippen molar-refractivity contribution in [1.82, 2.24) is 15.2 Å². The van der Waals surface area contributed by atoms with E-state index < -0.39 is 23.8 Å². The van der Waals surface area contributed by atoms with Gasteiger partial charge in [-0.1, -0.05) is 6.07 Å². The fourth-order valence-electron chi connectivity index (χ4n) is 1.91. The van der Waals surface area contributed by atoms with Crippen molar-refractivity contribution in [3.8, 4) is 0 Å². The molecule has 1 unspecified atom stereocenters. The van der Waals surface area contributed by atoms with Crippen LogP contribution in [0, 0.1) is 5.92 Å². The summed E-state index contributed by atoms with van der Waals surface area (Å²) in [4.78, 5) is 40.3. The Bertz CT molecular complexity index is 503. The third-order valence-electron chi connectivity index (χ3n) is 2.87. The van der Waals surface area contributed by atoms with Gasteiger partial charge in [-0.2, -0.15) is 0 Å². The normalized spacial score (nSPS) is 19.5. The summed E-state index contributed by atoms with van der Waals surface area (Å²) in [5.41, 5.74) is 6.09. The van der Waals surface area contributed by atoms with E-state index in [0.29, 0.717) is 5.56 Å². The molecule has 7 nitrogen and oxygen atoms in total. The van der Waals surface area contributed by atoms with Gasteiger partial charge in [-0.05, 0) is 24.6 Å². The van der Waals surface area contributed by atoms with E-state index in [1.165, 1.54) is 0 Å².